The lowest BCUT2D eigenvalue weighted by molar-refractivity contribution is -0.189. The van der Waals surface area contributed by atoms with Gasteiger partial charge in [-0.05, 0) is 54.3 Å². The molecule has 0 fully saturated rings. The maximum atomic E-state index is 14.9. The maximum absolute atomic E-state index is 14.9. The summed E-state index contributed by atoms with van der Waals surface area (Å²) in [5, 5.41) is 0. The van der Waals surface area contributed by atoms with Crippen LogP contribution in [0.25, 0.3) is 5.57 Å². The molecule has 0 aromatic heterocycles. The molecule has 1 nitrogen and oxygen atoms in total. The zero-order valence-electron chi connectivity index (χ0n) is 21.7. The Morgan fingerprint density at radius 2 is 1.48 bits per heavy atom. The molecule has 3 aromatic rings. The van der Waals surface area contributed by atoms with Gasteiger partial charge >= 0.3 is 6.11 Å². The third-order valence-electron chi connectivity index (χ3n) is 6.32. The van der Waals surface area contributed by atoms with Crippen LogP contribution in [0.5, 0.6) is 5.75 Å². The molecule has 0 radical (unpaired) electrons. The van der Waals surface area contributed by atoms with Gasteiger partial charge in [-0.15, -0.1) is 0 Å². The Labute approximate surface area is 234 Å². The molecule has 0 N–H and O–H groups in total. The van der Waals surface area contributed by atoms with E-state index in [9.17, 15) is 43.9 Å². The summed E-state index contributed by atoms with van der Waals surface area (Å²) >= 11 is 0. The number of rotatable bonds is 7. The standard InChI is InChI=1S/C31H20F10O/c1-2-3-4-16-5-7-20(22(32)9-16)18-12-23(33)21(24(34)13-18)8-6-17-10-25(35)29(26(36)11-17)31(40,41)42-19-14-27(37)30(39)28(38)15-19/h5,7,9-15,21,23H,2-4H2,1H3. The molecule has 1 aliphatic carbocycles. The summed E-state index contributed by atoms with van der Waals surface area (Å²) in [6.07, 6.45) is -2.70. The fourth-order valence-corrected chi connectivity index (χ4v) is 4.23. The Kier molecular flexibility index (Phi) is 9.04. The number of benzene rings is 3. The van der Waals surface area contributed by atoms with Gasteiger partial charge in [-0.1, -0.05) is 37.3 Å². The lowest BCUT2D eigenvalue weighted by atomic mass is 9.90. The van der Waals surface area contributed by atoms with Crippen molar-refractivity contribution in [3.8, 4) is 17.6 Å². The minimum atomic E-state index is -4.82. The second-order valence-corrected chi connectivity index (χ2v) is 9.40. The van der Waals surface area contributed by atoms with Gasteiger partial charge in [0.05, 0.1) is 0 Å². The molecule has 0 saturated carbocycles. The second kappa shape index (κ2) is 12.3. The fraction of sp³-hybridized carbons (Fsp3) is 0.226. The summed E-state index contributed by atoms with van der Waals surface area (Å²) in [5.74, 6) is -10.0. The molecule has 0 aliphatic heterocycles. The van der Waals surface area contributed by atoms with E-state index in [0.717, 1.165) is 30.6 Å². The third kappa shape index (κ3) is 6.64. The van der Waals surface area contributed by atoms with Gasteiger partial charge in [-0.3, -0.25) is 0 Å². The molecular formula is C31H20F10O. The lowest BCUT2D eigenvalue weighted by Gasteiger charge is -2.20. The van der Waals surface area contributed by atoms with Crippen molar-refractivity contribution < 1.29 is 48.6 Å². The number of allylic oxidation sites excluding steroid dienone is 4. The van der Waals surface area contributed by atoms with Crippen molar-refractivity contribution in [3.05, 3.63) is 118 Å². The van der Waals surface area contributed by atoms with Crippen LogP contribution in [0.2, 0.25) is 0 Å². The van der Waals surface area contributed by atoms with Crippen molar-refractivity contribution in [1.29, 1.82) is 0 Å². The van der Waals surface area contributed by atoms with Crippen LogP contribution in [-0.2, 0) is 12.5 Å². The van der Waals surface area contributed by atoms with Gasteiger partial charge < -0.3 is 4.74 Å². The molecule has 3 aromatic carbocycles. The van der Waals surface area contributed by atoms with Crippen molar-refractivity contribution in [2.75, 3.05) is 0 Å². The van der Waals surface area contributed by atoms with Crippen LogP contribution in [0.1, 0.15) is 42.0 Å². The Hall–Kier alpha value is -4.20. The summed E-state index contributed by atoms with van der Waals surface area (Å²) in [7, 11) is 0. The summed E-state index contributed by atoms with van der Waals surface area (Å²) in [4.78, 5) is 0. The van der Waals surface area contributed by atoms with Gasteiger partial charge in [-0.2, -0.15) is 8.78 Å². The molecule has 2 unspecified atom stereocenters. The highest BCUT2D eigenvalue weighted by Crippen LogP contribution is 2.37. The van der Waals surface area contributed by atoms with Crippen molar-refractivity contribution in [2.24, 2.45) is 5.92 Å². The Balaban J connectivity index is 1.54. The molecular weight excluding hydrogens is 578 g/mol. The molecule has 42 heavy (non-hydrogen) atoms. The second-order valence-electron chi connectivity index (χ2n) is 9.40. The number of hydrogen-bond donors (Lipinski definition) is 0. The van der Waals surface area contributed by atoms with E-state index in [1.807, 2.05) is 6.92 Å². The normalized spacial score (nSPS) is 16.8. The van der Waals surface area contributed by atoms with Crippen molar-refractivity contribution in [1.82, 2.24) is 0 Å². The van der Waals surface area contributed by atoms with Gasteiger partial charge in [0, 0.05) is 23.3 Å². The van der Waals surface area contributed by atoms with Crippen LogP contribution >= 0.6 is 0 Å². The molecule has 0 saturated heterocycles. The predicted molar refractivity (Wildman–Crippen MR) is 135 cm³/mol. The lowest BCUT2D eigenvalue weighted by Crippen LogP contribution is -2.25. The zero-order valence-corrected chi connectivity index (χ0v) is 21.7. The number of aryl methyl sites for hydroxylation is 1. The van der Waals surface area contributed by atoms with Gasteiger partial charge in [0.2, 0.25) is 0 Å². The molecule has 0 bridgehead atoms. The van der Waals surface area contributed by atoms with E-state index in [1.165, 1.54) is 12.1 Å². The van der Waals surface area contributed by atoms with E-state index < -0.39 is 75.8 Å². The monoisotopic (exact) mass is 598 g/mol. The highest BCUT2D eigenvalue weighted by atomic mass is 19.3. The predicted octanol–water partition coefficient (Wildman–Crippen LogP) is 9.25. The van der Waals surface area contributed by atoms with Gasteiger partial charge in [0.15, 0.2) is 17.5 Å². The van der Waals surface area contributed by atoms with Crippen LogP contribution in [0.3, 0.4) is 0 Å². The first-order valence-electron chi connectivity index (χ1n) is 12.5. The van der Waals surface area contributed by atoms with Crippen molar-refractivity contribution >= 4 is 5.57 Å². The molecule has 0 heterocycles. The zero-order chi connectivity index (χ0) is 30.8. The molecule has 0 amide bonds. The Morgan fingerprint density at radius 3 is 2.05 bits per heavy atom. The van der Waals surface area contributed by atoms with Gasteiger partial charge in [0.1, 0.15) is 46.7 Å². The van der Waals surface area contributed by atoms with E-state index >= 15 is 0 Å². The molecule has 4 rings (SSSR count). The number of alkyl halides is 3. The van der Waals surface area contributed by atoms with E-state index in [2.05, 4.69) is 16.6 Å². The van der Waals surface area contributed by atoms with E-state index in [0.29, 0.717) is 18.6 Å². The topological polar surface area (TPSA) is 9.23 Å². The van der Waals surface area contributed by atoms with E-state index in [4.69, 9.17) is 0 Å². The number of halogens is 10. The average molecular weight is 598 g/mol. The first-order chi connectivity index (χ1) is 19.8. The van der Waals surface area contributed by atoms with Gasteiger partial charge in [0.25, 0.3) is 0 Å². The smallest absolute Gasteiger partial charge is 0.429 e. The minimum absolute atomic E-state index is 0.0338. The van der Waals surface area contributed by atoms with Crippen LogP contribution in [-0.4, -0.2) is 6.17 Å². The molecule has 11 heteroatoms. The molecule has 1 aliphatic rings. The Morgan fingerprint density at radius 1 is 0.833 bits per heavy atom. The van der Waals surface area contributed by atoms with E-state index in [1.54, 1.807) is 6.07 Å². The van der Waals surface area contributed by atoms with Crippen LogP contribution in [0, 0.1) is 52.7 Å². The summed E-state index contributed by atoms with van der Waals surface area (Å²) in [6, 6.07) is 5.12. The number of ether oxygens (including phenoxy) is 1. The third-order valence-corrected chi connectivity index (χ3v) is 6.32. The largest absolute Gasteiger partial charge is 0.432 e. The quantitative estimate of drug-likeness (QED) is 0.150. The fourth-order valence-electron chi connectivity index (χ4n) is 4.23. The summed E-state index contributed by atoms with van der Waals surface area (Å²) < 4.78 is 146. The van der Waals surface area contributed by atoms with Crippen molar-refractivity contribution in [2.45, 2.75) is 38.5 Å². The molecule has 0 spiro atoms. The van der Waals surface area contributed by atoms with Crippen molar-refractivity contribution in [3.63, 3.8) is 0 Å². The summed E-state index contributed by atoms with van der Waals surface area (Å²) in [5.41, 5.74) is -1.91. The van der Waals surface area contributed by atoms with E-state index in [-0.39, 0.29) is 23.3 Å². The molecule has 220 valence electrons. The Bertz CT molecular complexity index is 1580. The number of unbranched alkanes of at least 4 members (excludes halogenated alkanes) is 1. The molecule has 2 atom stereocenters. The minimum Gasteiger partial charge on any atom is -0.429 e. The van der Waals surface area contributed by atoms with Crippen LogP contribution in [0.4, 0.5) is 43.9 Å². The summed E-state index contributed by atoms with van der Waals surface area (Å²) in [6.45, 7) is 1.98. The number of hydrogen-bond acceptors (Lipinski definition) is 1. The van der Waals surface area contributed by atoms with Gasteiger partial charge in [-0.25, -0.2) is 35.1 Å². The van der Waals surface area contributed by atoms with Crippen LogP contribution < -0.4 is 4.74 Å². The SMILES string of the molecule is CCCCc1ccc(C2=CC(F)C(C#Cc3cc(F)c(C(F)(F)Oc4cc(F)c(F)c(F)c4)c(F)c3)C(F)=C2)c(F)c1. The maximum Gasteiger partial charge on any atom is 0.432 e. The highest BCUT2D eigenvalue weighted by molar-refractivity contribution is 5.77. The first kappa shape index (κ1) is 30.8. The van der Waals surface area contributed by atoms with Crippen LogP contribution in [0.15, 0.2) is 60.4 Å². The average Bonchev–Trinajstić information content (AvgIpc) is 2.89. The highest BCUT2D eigenvalue weighted by Gasteiger charge is 2.41. The first-order valence-corrected chi connectivity index (χ1v) is 12.5.